The monoisotopic (exact) mass is 244 g/mol. The highest BCUT2D eigenvalue weighted by Gasteiger charge is 2.34. The summed E-state index contributed by atoms with van der Waals surface area (Å²) in [4.78, 5) is 22.4. The molecule has 0 aliphatic heterocycles. The molecule has 0 heterocycles. The minimum Gasteiger partial charge on any atom is -0.481 e. The lowest BCUT2D eigenvalue weighted by Gasteiger charge is -2.05. The third-order valence-electron chi connectivity index (χ3n) is 2.46. The van der Waals surface area contributed by atoms with Gasteiger partial charge < -0.3 is 5.11 Å². The third kappa shape index (κ3) is 1.62. The maximum Gasteiger partial charge on any atom is 0.311 e. The number of ketones is 1. The Kier molecular flexibility index (Phi) is 2.44. The molecule has 1 N–H and O–H groups in total. The molecule has 0 spiro atoms. The fraction of sp³-hybridized carbons (Fsp3) is 0.200. The predicted octanol–water partition coefficient (Wildman–Crippen LogP) is 2.75. The van der Waals surface area contributed by atoms with Crippen LogP contribution < -0.4 is 0 Å². The van der Waals surface area contributed by atoms with Crippen molar-refractivity contribution in [1.29, 1.82) is 0 Å². The first-order valence-electron chi connectivity index (χ1n) is 4.25. The quantitative estimate of drug-likeness (QED) is 0.827. The Morgan fingerprint density at radius 1 is 1.33 bits per heavy atom. The van der Waals surface area contributed by atoms with Gasteiger partial charge in [0.1, 0.15) is 0 Å². The maximum atomic E-state index is 11.5. The van der Waals surface area contributed by atoms with E-state index < -0.39 is 11.9 Å². The number of halogens is 2. The smallest absolute Gasteiger partial charge is 0.311 e. The molecule has 1 aliphatic rings. The normalized spacial score (nSPS) is 19.1. The van der Waals surface area contributed by atoms with Crippen molar-refractivity contribution in [3.63, 3.8) is 0 Å². The first-order valence-corrected chi connectivity index (χ1v) is 5.01. The zero-order chi connectivity index (χ0) is 11.2. The number of benzene rings is 1. The van der Waals surface area contributed by atoms with Gasteiger partial charge in [-0.1, -0.05) is 23.2 Å². The van der Waals surface area contributed by atoms with Crippen molar-refractivity contribution >= 4 is 35.0 Å². The zero-order valence-corrected chi connectivity index (χ0v) is 8.97. The molecule has 0 saturated heterocycles. The standard InChI is InChI=1S/C10H6Cl2O3/c11-7-1-4-5(2-8(7)12)9(13)3-6(4)10(14)15/h1-2,6H,3H2,(H,14,15). The van der Waals surface area contributed by atoms with Crippen molar-refractivity contribution in [2.75, 3.05) is 0 Å². The molecular formula is C10H6Cl2O3. The minimum atomic E-state index is -1.01. The van der Waals surface area contributed by atoms with Crippen LogP contribution in [0.1, 0.15) is 28.3 Å². The van der Waals surface area contributed by atoms with Gasteiger partial charge in [0.05, 0.1) is 16.0 Å². The molecule has 15 heavy (non-hydrogen) atoms. The molecule has 0 amide bonds. The van der Waals surface area contributed by atoms with Crippen LogP contribution in [0.4, 0.5) is 0 Å². The molecule has 1 atom stereocenters. The van der Waals surface area contributed by atoms with Gasteiger partial charge in [-0.25, -0.2) is 0 Å². The molecule has 3 nitrogen and oxygen atoms in total. The van der Waals surface area contributed by atoms with Gasteiger partial charge in [-0.05, 0) is 17.7 Å². The predicted molar refractivity (Wildman–Crippen MR) is 55.8 cm³/mol. The Hall–Kier alpha value is -1.06. The van der Waals surface area contributed by atoms with Gasteiger partial charge in [-0.15, -0.1) is 0 Å². The van der Waals surface area contributed by atoms with Crippen molar-refractivity contribution in [3.05, 3.63) is 33.3 Å². The van der Waals surface area contributed by atoms with Crippen molar-refractivity contribution in [1.82, 2.24) is 0 Å². The van der Waals surface area contributed by atoms with E-state index >= 15 is 0 Å². The lowest BCUT2D eigenvalue weighted by Crippen LogP contribution is -2.08. The van der Waals surface area contributed by atoms with Crippen LogP contribution in [0.3, 0.4) is 0 Å². The number of Topliss-reactive ketones (excluding diaryl/α,β-unsaturated/α-hetero) is 1. The summed E-state index contributed by atoms with van der Waals surface area (Å²) in [5.74, 6) is -2.00. The number of hydrogen-bond acceptors (Lipinski definition) is 2. The van der Waals surface area contributed by atoms with Crippen LogP contribution in [0.5, 0.6) is 0 Å². The minimum absolute atomic E-state index is 0.0126. The van der Waals surface area contributed by atoms with Crippen LogP contribution in [-0.2, 0) is 4.79 Å². The number of carboxylic acids is 1. The molecule has 1 unspecified atom stereocenters. The van der Waals surface area contributed by atoms with Crippen molar-refractivity contribution in [3.8, 4) is 0 Å². The third-order valence-corrected chi connectivity index (χ3v) is 3.18. The number of rotatable bonds is 1. The second kappa shape index (κ2) is 3.51. The summed E-state index contributed by atoms with van der Waals surface area (Å²) >= 11 is 11.5. The molecule has 0 saturated carbocycles. The molecule has 1 aliphatic carbocycles. The molecule has 1 aromatic rings. The Morgan fingerprint density at radius 3 is 2.53 bits per heavy atom. The maximum absolute atomic E-state index is 11.5. The van der Waals surface area contributed by atoms with Gasteiger partial charge in [0.25, 0.3) is 0 Å². The summed E-state index contributed by atoms with van der Waals surface area (Å²) < 4.78 is 0. The van der Waals surface area contributed by atoms with Crippen LogP contribution in [-0.4, -0.2) is 16.9 Å². The molecule has 0 fully saturated rings. The number of carbonyl (C=O) groups is 2. The second-order valence-corrected chi connectivity index (χ2v) is 4.19. The van der Waals surface area contributed by atoms with Gasteiger partial charge in [-0.3, -0.25) is 9.59 Å². The summed E-state index contributed by atoms with van der Waals surface area (Å²) in [6.45, 7) is 0. The number of aliphatic carboxylic acids is 1. The molecular weight excluding hydrogens is 239 g/mol. The number of fused-ring (bicyclic) bond motifs is 1. The van der Waals surface area contributed by atoms with Crippen LogP contribution >= 0.6 is 23.2 Å². The largest absolute Gasteiger partial charge is 0.481 e. The van der Waals surface area contributed by atoms with Crippen LogP contribution in [0.2, 0.25) is 10.0 Å². The van der Waals surface area contributed by atoms with Crippen LogP contribution in [0, 0.1) is 0 Å². The first-order chi connectivity index (χ1) is 7.00. The van der Waals surface area contributed by atoms with Gasteiger partial charge in [0.2, 0.25) is 0 Å². The molecule has 78 valence electrons. The van der Waals surface area contributed by atoms with Gasteiger partial charge >= 0.3 is 5.97 Å². The Balaban J connectivity index is 2.61. The Morgan fingerprint density at radius 2 is 1.93 bits per heavy atom. The van der Waals surface area contributed by atoms with Crippen LogP contribution in [0.25, 0.3) is 0 Å². The van der Waals surface area contributed by atoms with Crippen LogP contribution in [0.15, 0.2) is 12.1 Å². The van der Waals surface area contributed by atoms with Crippen molar-refractivity contribution in [2.24, 2.45) is 0 Å². The lowest BCUT2D eigenvalue weighted by atomic mass is 10.0. The lowest BCUT2D eigenvalue weighted by molar-refractivity contribution is -0.138. The number of hydrogen-bond donors (Lipinski definition) is 1. The molecule has 2 rings (SSSR count). The summed E-state index contributed by atoms with van der Waals surface area (Å²) in [5, 5.41) is 9.46. The van der Waals surface area contributed by atoms with Crippen molar-refractivity contribution in [2.45, 2.75) is 12.3 Å². The summed E-state index contributed by atoms with van der Waals surface area (Å²) in [7, 11) is 0. The summed E-state index contributed by atoms with van der Waals surface area (Å²) in [6, 6.07) is 2.90. The van der Waals surface area contributed by atoms with E-state index in [9.17, 15) is 9.59 Å². The van der Waals surface area contributed by atoms with E-state index in [1.165, 1.54) is 12.1 Å². The molecule has 0 radical (unpaired) electrons. The van der Waals surface area contributed by atoms with Crippen molar-refractivity contribution < 1.29 is 14.7 Å². The van der Waals surface area contributed by atoms with E-state index in [4.69, 9.17) is 28.3 Å². The highest BCUT2D eigenvalue weighted by molar-refractivity contribution is 6.42. The number of carboxylic acid groups (broad SMARTS) is 1. The molecule has 0 aromatic heterocycles. The summed E-state index contributed by atoms with van der Waals surface area (Å²) in [6.07, 6.45) is -0.0126. The number of carbonyl (C=O) groups excluding carboxylic acids is 1. The fourth-order valence-corrected chi connectivity index (χ4v) is 2.05. The molecule has 0 bridgehead atoms. The Bertz CT molecular complexity index is 468. The van der Waals surface area contributed by atoms with Gasteiger partial charge in [0, 0.05) is 12.0 Å². The van der Waals surface area contributed by atoms with E-state index in [2.05, 4.69) is 0 Å². The molecule has 1 aromatic carbocycles. The van der Waals surface area contributed by atoms with E-state index in [0.717, 1.165) is 0 Å². The topological polar surface area (TPSA) is 54.4 Å². The molecule has 5 heteroatoms. The van der Waals surface area contributed by atoms with E-state index in [-0.39, 0.29) is 22.2 Å². The zero-order valence-electron chi connectivity index (χ0n) is 7.46. The SMILES string of the molecule is O=C1CC(C(=O)O)c2cc(Cl)c(Cl)cc21. The van der Waals surface area contributed by atoms with Gasteiger partial charge in [-0.2, -0.15) is 0 Å². The average Bonchev–Trinajstić information content (AvgIpc) is 2.45. The average molecular weight is 245 g/mol. The fourth-order valence-electron chi connectivity index (χ4n) is 1.72. The second-order valence-electron chi connectivity index (χ2n) is 3.37. The first kappa shape index (κ1) is 10.5. The van der Waals surface area contributed by atoms with E-state index in [0.29, 0.717) is 11.1 Å². The Labute approximate surface area is 95.6 Å². The highest BCUT2D eigenvalue weighted by atomic mass is 35.5. The van der Waals surface area contributed by atoms with E-state index in [1.54, 1.807) is 0 Å². The summed E-state index contributed by atoms with van der Waals surface area (Å²) in [5.41, 5.74) is 0.832. The van der Waals surface area contributed by atoms with E-state index in [1.807, 2.05) is 0 Å². The highest BCUT2D eigenvalue weighted by Crippen LogP contribution is 2.37. The van der Waals surface area contributed by atoms with Gasteiger partial charge in [0.15, 0.2) is 5.78 Å².